The van der Waals surface area contributed by atoms with Crippen LogP contribution in [0.2, 0.25) is 0 Å². The molecule has 12 nitrogen and oxygen atoms in total. The molecular weight excluding hydrogens is 903 g/mol. The zero-order chi connectivity index (χ0) is 49.2. The first kappa shape index (κ1) is 46.9. The molecule has 4 aromatic heterocycles. The highest BCUT2D eigenvalue weighted by Crippen LogP contribution is 2.51. The van der Waals surface area contributed by atoms with E-state index in [2.05, 4.69) is 13.8 Å². The Labute approximate surface area is 412 Å². The largest absolute Gasteiger partial charge is 0.481 e. The van der Waals surface area contributed by atoms with Crippen LogP contribution < -0.4 is 0 Å². The summed E-state index contributed by atoms with van der Waals surface area (Å²) < 4.78 is 35.2. The van der Waals surface area contributed by atoms with Crippen LogP contribution >= 0.6 is 0 Å². The van der Waals surface area contributed by atoms with Gasteiger partial charge in [0.1, 0.15) is 34.3 Å². The molecule has 14 heteroatoms. The second-order valence-electron chi connectivity index (χ2n) is 21.3. The van der Waals surface area contributed by atoms with E-state index in [9.17, 15) is 29.4 Å². The zero-order valence-corrected chi connectivity index (χ0v) is 40.5. The summed E-state index contributed by atoms with van der Waals surface area (Å²) in [5.74, 6) is -3.32. The molecule has 2 amide bonds. The fourth-order valence-electron chi connectivity index (χ4n) is 11.6. The molecule has 12 rings (SSSR count). The van der Waals surface area contributed by atoms with Crippen LogP contribution in [0, 0.1) is 23.5 Å². The van der Waals surface area contributed by atoms with Gasteiger partial charge in [0, 0.05) is 83.0 Å². The maximum atomic E-state index is 15.6. The van der Waals surface area contributed by atoms with Gasteiger partial charge in [0.25, 0.3) is 11.8 Å². The topological polar surface area (TPSA) is 150 Å². The fraction of sp³-hybridized carbons (Fsp3) is 0.474. The highest BCUT2D eigenvalue weighted by atomic mass is 19.1. The number of carbonyl (C=O) groups is 4. The van der Waals surface area contributed by atoms with Crippen molar-refractivity contribution in [1.82, 2.24) is 28.6 Å². The average molecular weight is 965 g/mol. The Morgan fingerprint density at radius 3 is 1.37 bits per heavy atom. The van der Waals surface area contributed by atoms with Crippen LogP contribution in [0.3, 0.4) is 0 Å². The number of carbonyl (C=O) groups excluding carboxylic acids is 2. The van der Waals surface area contributed by atoms with Gasteiger partial charge in [-0.05, 0) is 125 Å². The molecule has 2 aliphatic heterocycles. The molecule has 2 aromatic carbocycles. The molecule has 0 radical (unpaired) electrons. The molecule has 6 aromatic rings. The summed E-state index contributed by atoms with van der Waals surface area (Å²) in [6, 6.07) is 18.4. The SMILES string of the molecule is C[C@@H]1CCCCCN1C(=O)c1cc(C2CC2)n2cc(-c3cccc(C4C[C@@H]4C(=O)O)c3F)cc2n1.C[C@@H]1CCCCCN1C(=O)c1cc(C2CCC2)n2cc(-c3cccc(C4C[C@@H]4C(=O)O)c3F)cc2n1. The van der Waals surface area contributed by atoms with E-state index in [1.54, 1.807) is 36.4 Å². The van der Waals surface area contributed by atoms with Crippen LogP contribution in [-0.4, -0.2) is 87.7 Å². The fourth-order valence-corrected chi connectivity index (χ4v) is 11.6. The third-order valence-corrected chi connectivity index (χ3v) is 16.5. The van der Waals surface area contributed by atoms with Crippen LogP contribution in [0.1, 0.15) is 177 Å². The molecule has 6 atom stereocenters. The van der Waals surface area contributed by atoms with Crippen molar-refractivity contribution in [3.05, 3.63) is 119 Å². The van der Waals surface area contributed by atoms with E-state index in [0.29, 0.717) is 80.7 Å². The number of nitrogens with zero attached hydrogens (tertiary/aromatic N) is 6. The molecule has 6 aliphatic rings. The Hall–Kier alpha value is -6.44. The predicted molar refractivity (Wildman–Crippen MR) is 265 cm³/mol. The minimum atomic E-state index is -0.872. The molecule has 6 fully saturated rings. The van der Waals surface area contributed by atoms with Gasteiger partial charge >= 0.3 is 11.9 Å². The molecule has 6 heterocycles. The number of likely N-dealkylation sites (tertiary alicyclic amines) is 2. The number of amides is 2. The highest BCUT2D eigenvalue weighted by Gasteiger charge is 2.47. The van der Waals surface area contributed by atoms with Crippen molar-refractivity contribution in [2.24, 2.45) is 11.8 Å². The van der Waals surface area contributed by atoms with Crippen molar-refractivity contribution in [2.75, 3.05) is 13.1 Å². The lowest BCUT2D eigenvalue weighted by atomic mass is 9.82. The number of aromatic nitrogens is 4. The van der Waals surface area contributed by atoms with Crippen LogP contribution in [-0.2, 0) is 9.59 Å². The number of rotatable bonds is 10. The second kappa shape index (κ2) is 19.0. The van der Waals surface area contributed by atoms with Gasteiger partial charge in [-0.1, -0.05) is 68.5 Å². The molecule has 4 aliphatic carbocycles. The number of fused-ring (bicyclic) bond motifs is 2. The van der Waals surface area contributed by atoms with Crippen LogP contribution in [0.15, 0.2) is 73.1 Å². The van der Waals surface area contributed by atoms with E-state index in [1.807, 2.05) is 55.3 Å². The third-order valence-electron chi connectivity index (χ3n) is 16.5. The summed E-state index contributed by atoms with van der Waals surface area (Å²) >= 11 is 0. The number of carboxylic acids is 2. The Morgan fingerprint density at radius 1 is 0.549 bits per heavy atom. The highest BCUT2D eigenvalue weighted by molar-refractivity contribution is 5.94. The molecule has 0 spiro atoms. The van der Waals surface area contributed by atoms with Gasteiger partial charge in [0.05, 0.1) is 11.8 Å². The monoisotopic (exact) mass is 964 g/mol. The summed E-state index contributed by atoms with van der Waals surface area (Å²) in [5, 5.41) is 18.6. The predicted octanol–water partition coefficient (Wildman–Crippen LogP) is 11.6. The Bertz CT molecular complexity index is 3080. The lowest BCUT2D eigenvalue weighted by molar-refractivity contribution is -0.139. The molecular formula is C57H62F2N6O6. The molecule has 370 valence electrons. The maximum Gasteiger partial charge on any atom is 0.307 e. The molecule has 2 unspecified atom stereocenters. The number of carboxylic acid groups (broad SMARTS) is 2. The number of halogens is 2. The minimum Gasteiger partial charge on any atom is -0.481 e. The van der Waals surface area contributed by atoms with Gasteiger partial charge in [0.2, 0.25) is 0 Å². The average Bonchev–Trinajstić information content (AvgIpc) is 4.23. The van der Waals surface area contributed by atoms with Crippen molar-refractivity contribution < 1.29 is 38.2 Å². The van der Waals surface area contributed by atoms with Crippen LogP contribution in [0.25, 0.3) is 33.5 Å². The van der Waals surface area contributed by atoms with E-state index in [-0.39, 0.29) is 47.4 Å². The van der Waals surface area contributed by atoms with E-state index in [0.717, 1.165) is 108 Å². The Morgan fingerprint density at radius 2 is 0.986 bits per heavy atom. The van der Waals surface area contributed by atoms with Crippen molar-refractivity contribution in [3.63, 3.8) is 0 Å². The lowest BCUT2D eigenvalue weighted by Crippen LogP contribution is -2.38. The molecule has 2 saturated heterocycles. The third kappa shape index (κ3) is 9.11. The van der Waals surface area contributed by atoms with Gasteiger partial charge < -0.3 is 28.8 Å². The quantitative estimate of drug-likeness (QED) is 0.138. The molecule has 4 saturated carbocycles. The first-order valence-corrected chi connectivity index (χ1v) is 26.1. The first-order chi connectivity index (χ1) is 34.3. The zero-order valence-electron chi connectivity index (χ0n) is 40.5. The van der Waals surface area contributed by atoms with E-state index >= 15 is 8.78 Å². The summed E-state index contributed by atoms with van der Waals surface area (Å²) in [6.07, 6.45) is 18.9. The number of hydrogen-bond acceptors (Lipinski definition) is 6. The number of aliphatic carboxylic acids is 2. The van der Waals surface area contributed by atoms with Gasteiger partial charge in [-0.15, -0.1) is 0 Å². The molecule has 0 bridgehead atoms. The maximum absolute atomic E-state index is 15.6. The minimum absolute atomic E-state index is 0.0168. The van der Waals surface area contributed by atoms with Gasteiger partial charge in [0.15, 0.2) is 0 Å². The number of hydrogen-bond donors (Lipinski definition) is 2. The molecule has 71 heavy (non-hydrogen) atoms. The summed E-state index contributed by atoms with van der Waals surface area (Å²) in [7, 11) is 0. The first-order valence-electron chi connectivity index (χ1n) is 26.1. The van der Waals surface area contributed by atoms with Gasteiger partial charge in [-0.25, -0.2) is 18.7 Å². The number of benzene rings is 2. The summed E-state index contributed by atoms with van der Waals surface area (Å²) in [5.41, 5.74) is 7.57. The summed E-state index contributed by atoms with van der Waals surface area (Å²) in [4.78, 5) is 63.2. The molecule has 2 N–H and O–H groups in total. The van der Waals surface area contributed by atoms with Crippen molar-refractivity contribution >= 4 is 35.0 Å². The van der Waals surface area contributed by atoms with Gasteiger partial charge in [-0.2, -0.15) is 0 Å². The second-order valence-corrected chi connectivity index (χ2v) is 21.3. The van der Waals surface area contributed by atoms with Crippen molar-refractivity contribution in [1.29, 1.82) is 0 Å². The van der Waals surface area contributed by atoms with E-state index in [1.165, 1.54) is 0 Å². The lowest BCUT2D eigenvalue weighted by Gasteiger charge is -2.29. The van der Waals surface area contributed by atoms with Crippen LogP contribution in [0.4, 0.5) is 8.78 Å². The Balaban J connectivity index is 0.000000154. The Kier molecular flexibility index (Phi) is 12.5. The van der Waals surface area contributed by atoms with E-state index in [4.69, 9.17) is 9.97 Å². The van der Waals surface area contributed by atoms with E-state index < -0.39 is 23.8 Å². The van der Waals surface area contributed by atoms with Crippen LogP contribution in [0.5, 0.6) is 0 Å². The van der Waals surface area contributed by atoms with Crippen molar-refractivity contribution in [3.8, 4) is 22.3 Å². The van der Waals surface area contributed by atoms with Crippen molar-refractivity contribution in [2.45, 2.75) is 146 Å². The smallest absolute Gasteiger partial charge is 0.307 e. The normalized spacial score (nSPS) is 24.4. The standard InChI is InChI=1S/C29H32FN3O3.C28H30FN3O3/c1-17-7-3-2-4-12-32(17)28(34)24-15-25(18-8-5-9-18)33-16-19(13-26(33)31-24)20-10-6-11-21(27(20)30)22-14-23(22)29(35)36;1-16-6-3-2-4-11-31(16)27(33)23-14-24(17-9-10-17)32-15-18(12-25(32)30-23)19-7-5-8-20(26(19)29)21-13-22(21)28(34)35/h6,10-11,13,15-18,22-23H,2-5,7-9,12,14H2,1H3,(H,35,36);5,7-8,12,14-17,21-22H,2-4,6,9-11,13H2,1H3,(H,34,35)/t17-,22?,23+;16-,21?,22+/m11/s1. The summed E-state index contributed by atoms with van der Waals surface area (Å²) in [6.45, 7) is 5.75. The van der Waals surface area contributed by atoms with Gasteiger partial charge in [-0.3, -0.25) is 19.2 Å².